The maximum atomic E-state index is 12.1. The molecule has 0 unspecified atom stereocenters. The second kappa shape index (κ2) is 7.85. The van der Waals surface area contributed by atoms with Gasteiger partial charge in [-0.25, -0.2) is 9.50 Å². The summed E-state index contributed by atoms with van der Waals surface area (Å²) < 4.78 is 7.16. The van der Waals surface area contributed by atoms with Gasteiger partial charge in [-0.1, -0.05) is 30.3 Å². The summed E-state index contributed by atoms with van der Waals surface area (Å²) in [6.07, 6.45) is 0.725. The molecule has 1 amide bonds. The molecule has 130 valence electrons. The maximum absolute atomic E-state index is 12.1. The van der Waals surface area contributed by atoms with Crippen molar-refractivity contribution < 1.29 is 9.53 Å². The first-order valence-electron chi connectivity index (χ1n) is 8.24. The number of aromatic nitrogens is 4. The molecular formula is C18H21N5O2. The number of hydrogen-bond donors (Lipinski definition) is 1. The van der Waals surface area contributed by atoms with Crippen LogP contribution in [0.3, 0.4) is 0 Å². The predicted octanol–water partition coefficient (Wildman–Crippen LogP) is 2.08. The van der Waals surface area contributed by atoms with E-state index in [2.05, 4.69) is 20.4 Å². The van der Waals surface area contributed by atoms with E-state index in [1.807, 2.05) is 50.2 Å². The van der Waals surface area contributed by atoms with E-state index in [0.717, 1.165) is 23.4 Å². The lowest BCUT2D eigenvalue weighted by Gasteiger charge is -2.05. The second-order valence-corrected chi connectivity index (χ2v) is 5.83. The van der Waals surface area contributed by atoms with Crippen LogP contribution < -0.4 is 5.32 Å². The highest BCUT2D eigenvalue weighted by Gasteiger charge is 2.14. The number of nitrogens with one attached hydrogen (secondary N) is 1. The van der Waals surface area contributed by atoms with Crippen LogP contribution in [0.15, 0.2) is 36.4 Å². The van der Waals surface area contributed by atoms with E-state index >= 15 is 0 Å². The first kappa shape index (κ1) is 17.0. The molecule has 3 rings (SSSR count). The third-order valence-corrected chi connectivity index (χ3v) is 3.68. The van der Waals surface area contributed by atoms with Gasteiger partial charge in [0.1, 0.15) is 0 Å². The number of hydrogen-bond acceptors (Lipinski definition) is 5. The van der Waals surface area contributed by atoms with Crippen LogP contribution in [0, 0.1) is 13.8 Å². The summed E-state index contributed by atoms with van der Waals surface area (Å²) in [5, 5.41) is 7.02. The lowest BCUT2D eigenvalue weighted by atomic mass is 10.2. The first-order valence-corrected chi connectivity index (χ1v) is 8.24. The minimum atomic E-state index is -0.300. The Balaban J connectivity index is 1.44. The minimum absolute atomic E-state index is 0.131. The van der Waals surface area contributed by atoms with E-state index in [1.165, 1.54) is 0 Å². The third kappa shape index (κ3) is 4.39. The van der Waals surface area contributed by atoms with Gasteiger partial charge < -0.3 is 10.1 Å². The molecule has 0 bridgehead atoms. The van der Waals surface area contributed by atoms with Crippen LogP contribution in [0.25, 0.3) is 5.78 Å². The van der Waals surface area contributed by atoms with Crippen molar-refractivity contribution in [3.63, 3.8) is 0 Å². The predicted molar refractivity (Wildman–Crippen MR) is 93.3 cm³/mol. The van der Waals surface area contributed by atoms with Gasteiger partial charge in [0.25, 0.3) is 11.7 Å². The molecule has 0 radical (unpaired) electrons. The molecule has 7 nitrogen and oxygen atoms in total. The molecule has 0 atom stereocenters. The molecule has 0 spiro atoms. The molecule has 2 heterocycles. The van der Waals surface area contributed by atoms with Crippen molar-refractivity contribution in [2.45, 2.75) is 26.9 Å². The van der Waals surface area contributed by atoms with E-state index in [1.54, 1.807) is 4.52 Å². The van der Waals surface area contributed by atoms with Gasteiger partial charge in [0, 0.05) is 24.5 Å². The van der Waals surface area contributed by atoms with Crippen molar-refractivity contribution in [2.24, 2.45) is 0 Å². The van der Waals surface area contributed by atoms with Crippen LogP contribution in [0.1, 0.15) is 34.0 Å². The first-order chi connectivity index (χ1) is 12.1. The molecule has 1 aromatic carbocycles. The average molecular weight is 339 g/mol. The fourth-order valence-electron chi connectivity index (χ4n) is 2.48. The Morgan fingerprint density at radius 3 is 2.80 bits per heavy atom. The largest absolute Gasteiger partial charge is 0.377 e. The summed E-state index contributed by atoms with van der Waals surface area (Å²) in [4.78, 5) is 20.6. The molecule has 25 heavy (non-hydrogen) atoms. The van der Waals surface area contributed by atoms with E-state index in [0.29, 0.717) is 25.5 Å². The lowest BCUT2D eigenvalue weighted by molar-refractivity contribution is 0.0925. The Kier molecular flexibility index (Phi) is 5.35. The Hall–Kier alpha value is -2.80. The Labute approximate surface area is 146 Å². The molecule has 0 fully saturated rings. The molecule has 3 aromatic rings. The maximum Gasteiger partial charge on any atom is 0.291 e. The van der Waals surface area contributed by atoms with Gasteiger partial charge in [-0.05, 0) is 31.9 Å². The van der Waals surface area contributed by atoms with Gasteiger partial charge in [-0.3, -0.25) is 4.79 Å². The van der Waals surface area contributed by atoms with Gasteiger partial charge in [0.15, 0.2) is 0 Å². The normalized spacial score (nSPS) is 11.0. The molecule has 1 N–H and O–H groups in total. The van der Waals surface area contributed by atoms with E-state index in [-0.39, 0.29) is 11.7 Å². The van der Waals surface area contributed by atoms with Crippen molar-refractivity contribution in [3.8, 4) is 0 Å². The van der Waals surface area contributed by atoms with Crippen LogP contribution in [0.5, 0.6) is 0 Å². The Morgan fingerprint density at radius 2 is 2.00 bits per heavy atom. The number of carbonyl (C=O) groups is 1. The zero-order valence-electron chi connectivity index (χ0n) is 14.4. The lowest BCUT2D eigenvalue weighted by Crippen LogP contribution is -2.26. The Morgan fingerprint density at radius 1 is 1.20 bits per heavy atom. The van der Waals surface area contributed by atoms with Crippen LogP contribution in [0.2, 0.25) is 0 Å². The zero-order chi connectivity index (χ0) is 17.6. The molecule has 0 aliphatic carbocycles. The van der Waals surface area contributed by atoms with E-state index < -0.39 is 0 Å². The van der Waals surface area contributed by atoms with Crippen molar-refractivity contribution in [3.05, 3.63) is 59.2 Å². The summed E-state index contributed by atoms with van der Waals surface area (Å²) in [6.45, 7) is 5.45. The molecule has 2 aromatic heterocycles. The van der Waals surface area contributed by atoms with Crippen LogP contribution in [-0.4, -0.2) is 38.6 Å². The third-order valence-electron chi connectivity index (χ3n) is 3.68. The van der Waals surface area contributed by atoms with Crippen molar-refractivity contribution in [1.29, 1.82) is 0 Å². The summed E-state index contributed by atoms with van der Waals surface area (Å²) in [7, 11) is 0. The summed E-state index contributed by atoms with van der Waals surface area (Å²) in [5.41, 5.74) is 2.88. The molecular weight excluding hydrogens is 318 g/mol. The van der Waals surface area contributed by atoms with Crippen molar-refractivity contribution >= 4 is 11.7 Å². The number of amides is 1. The summed E-state index contributed by atoms with van der Waals surface area (Å²) >= 11 is 0. The van der Waals surface area contributed by atoms with Gasteiger partial charge in [-0.2, -0.15) is 4.98 Å². The number of benzene rings is 1. The molecule has 0 saturated carbocycles. The van der Waals surface area contributed by atoms with E-state index in [9.17, 15) is 4.79 Å². The van der Waals surface area contributed by atoms with Gasteiger partial charge in [-0.15, -0.1) is 5.10 Å². The number of rotatable bonds is 7. The Bertz CT molecular complexity index is 861. The minimum Gasteiger partial charge on any atom is -0.377 e. The van der Waals surface area contributed by atoms with Crippen LogP contribution in [0.4, 0.5) is 0 Å². The number of fused-ring (bicyclic) bond motifs is 1. The highest BCUT2D eigenvalue weighted by molar-refractivity contribution is 5.90. The summed E-state index contributed by atoms with van der Waals surface area (Å²) in [6, 6.07) is 11.9. The number of aryl methyl sites for hydroxylation is 2. The van der Waals surface area contributed by atoms with Gasteiger partial charge >= 0.3 is 0 Å². The zero-order valence-corrected chi connectivity index (χ0v) is 14.4. The fraction of sp³-hybridized carbons (Fsp3) is 0.333. The van der Waals surface area contributed by atoms with Gasteiger partial charge in [0.2, 0.25) is 5.82 Å². The van der Waals surface area contributed by atoms with Crippen molar-refractivity contribution in [1.82, 2.24) is 24.9 Å². The fourth-order valence-corrected chi connectivity index (χ4v) is 2.48. The monoisotopic (exact) mass is 339 g/mol. The summed E-state index contributed by atoms with van der Waals surface area (Å²) in [5.74, 6) is 0.269. The standard InChI is InChI=1S/C18H21N5O2/c1-13-11-14(2)23-18(20-13)21-16(22-23)17(24)19-9-6-10-25-12-15-7-4-3-5-8-15/h3-5,7-8,11H,6,9-10,12H2,1-2H3,(H,19,24). The number of ether oxygens (including phenoxy) is 1. The van der Waals surface area contributed by atoms with Crippen LogP contribution >= 0.6 is 0 Å². The topological polar surface area (TPSA) is 81.4 Å². The molecule has 7 heteroatoms. The van der Waals surface area contributed by atoms with Gasteiger partial charge in [0.05, 0.1) is 6.61 Å². The second-order valence-electron chi connectivity index (χ2n) is 5.83. The highest BCUT2D eigenvalue weighted by Crippen LogP contribution is 2.05. The smallest absolute Gasteiger partial charge is 0.291 e. The molecule has 0 aliphatic heterocycles. The quantitative estimate of drug-likeness (QED) is 0.667. The SMILES string of the molecule is Cc1cc(C)n2nc(C(=O)NCCCOCc3ccccc3)nc2n1. The average Bonchev–Trinajstić information content (AvgIpc) is 3.03. The van der Waals surface area contributed by atoms with Crippen molar-refractivity contribution in [2.75, 3.05) is 13.2 Å². The highest BCUT2D eigenvalue weighted by atomic mass is 16.5. The number of carbonyl (C=O) groups excluding carboxylic acids is 1. The molecule has 0 aliphatic rings. The van der Waals surface area contributed by atoms with E-state index in [4.69, 9.17) is 4.74 Å². The van der Waals surface area contributed by atoms with Crippen LogP contribution in [-0.2, 0) is 11.3 Å². The molecule has 0 saturated heterocycles. The number of nitrogens with zero attached hydrogens (tertiary/aromatic N) is 4.